The van der Waals surface area contributed by atoms with Crippen LogP contribution < -0.4 is 19.5 Å². The number of oxime groups is 1. The average Bonchev–Trinajstić information content (AvgIpc) is 3.32. The van der Waals surface area contributed by atoms with E-state index in [4.69, 9.17) is 28.9 Å². The van der Waals surface area contributed by atoms with Gasteiger partial charge in [0.2, 0.25) is 11.7 Å². The molecule has 3 aliphatic rings. The summed E-state index contributed by atoms with van der Waals surface area (Å²) in [4.78, 5) is 35.8. The number of methoxy groups -OCH3 is 1. The first kappa shape index (κ1) is 46.1. The van der Waals surface area contributed by atoms with Gasteiger partial charge in [0.1, 0.15) is 29.9 Å². The van der Waals surface area contributed by atoms with Crippen LogP contribution in [-0.4, -0.2) is 78.6 Å². The summed E-state index contributed by atoms with van der Waals surface area (Å²) in [7, 11) is 3.39. The van der Waals surface area contributed by atoms with Gasteiger partial charge in [0.05, 0.1) is 31.8 Å². The molecule has 4 aromatic carbocycles. The Morgan fingerprint density at radius 3 is 2.33 bits per heavy atom. The molecule has 2 amide bonds. The molecule has 4 aromatic rings. The Balaban J connectivity index is 1.36. The maximum atomic E-state index is 14.6. The topological polar surface area (TPSA) is 148 Å². The lowest BCUT2D eigenvalue weighted by Crippen LogP contribution is -2.69. The van der Waals surface area contributed by atoms with E-state index in [1.165, 1.54) is 0 Å². The molecule has 0 bridgehead atoms. The number of likely N-dealkylation sites (N-methyl/N-ethyl adjacent to an activating group) is 1. The van der Waals surface area contributed by atoms with Gasteiger partial charge in [-0.15, -0.1) is 6.58 Å². The molecular formula is C52H61N3O9. The first-order chi connectivity index (χ1) is 31.3. The Morgan fingerprint density at radius 1 is 0.891 bits per heavy atom. The van der Waals surface area contributed by atoms with Gasteiger partial charge in [0.25, 0.3) is 0 Å². The van der Waals surface area contributed by atoms with E-state index >= 15 is 0 Å². The number of amides is 2. The minimum Gasteiger partial charge on any atom is -0.497 e. The molecule has 0 saturated heterocycles. The molecular weight excluding hydrogens is 811 g/mol. The van der Waals surface area contributed by atoms with E-state index in [0.717, 1.165) is 53.5 Å². The van der Waals surface area contributed by atoms with E-state index in [0.29, 0.717) is 42.3 Å². The average molecular weight is 872 g/mol. The van der Waals surface area contributed by atoms with Gasteiger partial charge in [-0.3, -0.25) is 4.79 Å². The van der Waals surface area contributed by atoms with Crippen LogP contribution in [0.1, 0.15) is 73.1 Å². The minimum absolute atomic E-state index is 0.00136. The Bertz CT molecular complexity index is 2250. The smallest absolute Gasteiger partial charge is 0.412 e. The van der Waals surface area contributed by atoms with Crippen LogP contribution >= 0.6 is 0 Å². The van der Waals surface area contributed by atoms with E-state index in [2.05, 4.69) is 18.0 Å². The van der Waals surface area contributed by atoms with Gasteiger partial charge in [0, 0.05) is 44.7 Å². The lowest BCUT2D eigenvalue weighted by Gasteiger charge is -2.59. The molecule has 1 heterocycles. The lowest BCUT2D eigenvalue weighted by molar-refractivity contribution is -0.255. The van der Waals surface area contributed by atoms with Crippen LogP contribution in [0.5, 0.6) is 17.2 Å². The molecule has 3 N–H and O–H groups in total. The standard InChI is InChI=1S/C52H61N3O9/c1-4-28-61-52-47(55(2)48(58)30-38-20-15-22-40(29-38)60-3)33-45(54-62-35-37-18-9-6-10-19-37)43-31-39(21-11-13-26-56)42(23-12-14-27-57)49(50(43)52)44-32-41(24-25-46(44)64-52)63-51(59)53-34-36-16-7-5-8-17-36/h4-10,15-20,22,24-25,29,31-32,39,42,47,49-50,56-57H,1,11-14,21,23,26-28,30,33-35H2,2-3H3,(H,53,59)/t39-,42+,47-,49+,50+,52+/m0/s1. The minimum atomic E-state index is -1.42. The van der Waals surface area contributed by atoms with Gasteiger partial charge in [-0.2, -0.15) is 0 Å². The van der Waals surface area contributed by atoms with Gasteiger partial charge in [-0.05, 0) is 90.1 Å². The zero-order valence-corrected chi connectivity index (χ0v) is 36.9. The molecule has 1 aliphatic heterocycles. The second-order valence-electron chi connectivity index (χ2n) is 16.8. The third kappa shape index (κ3) is 10.7. The van der Waals surface area contributed by atoms with E-state index in [9.17, 15) is 19.8 Å². The summed E-state index contributed by atoms with van der Waals surface area (Å²) in [6, 6.07) is 31.7. The molecule has 0 aromatic heterocycles. The van der Waals surface area contributed by atoms with Gasteiger partial charge in [-0.25, -0.2) is 4.79 Å². The number of fused-ring (bicyclic) bond motifs is 2. The molecule has 12 heteroatoms. The molecule has 0 spiro atoms. The molecule has 2 aliphatic carbocycles. The van der Waals surface area contributed by atoms with Crippen molar-refractivity contribution in [3.63, 3.8) is 0 Å². The van der Waals surface area contributed by atoms with Crippen LogP contribution in [-0.2, 0) is 33.9 Å². The summed E-state index contributed by atoms with van der Waals surface area (Å²) in [5.41, 5.74) is 5.16. The van der Waals surface area contributed by atoms with Crippen LogP contribution in [0.4, 0.5) is 4.79 Å². The second kappa shape index (κ2) is 22.1. The van der Waals surface area contributed by atoms with Crippen molar-refractivity contribution < 1.29 is 43.6 Å². The van der Waals surface area contributed by atoms with Crippen molar-refractivity contribution in [1.82, 2.24) is 10.2 Å². The zero-order valence-electron chi connectivity index (χ0n) is 36.9. The van der Waals surface area contributed by atoms with E-state index in [-0.39, 0.29) is 62.9 Å². The molecule has 1 saturated carbocycles. The fourth-order valence-corrected chi connectivity index (χ4v) is 9.72. The number of hydrogen-bond donors (Lipinski definition) is 3. The molecule has 0 unspecified atom stereocenters. The number of hydrogen-bond acceptors (Lipinski definition) is 10. The van der Waals surface area contributed by atoms with Crippen molar-refractivity contribution in [2.75, 3.05) is 34.0 Å². The fraction of sp³-hybridized carbons (Fsp3) is 0.404. The summed E-state index contributed by atoms with van der Waals surface area (Å²) in [6.45, 7) is 4.86. The lowest BCUT2D eigenvalue weighted by atomic mass is 9.55. The molecule has 1 fully saturated rings. The quantitative estimate of drug-likeness (QED) is 0.0426. The van der Waals surface area contributed by atoms with Crippen molar-refractivity contribution in [3.8, 4) is 17.2 Å². The summed E-state index contributed by atoms with van der Waals surface area (Å²) >= 11 is 0. The number of carbonyl (C=O) groups is 2. The Labute approximate surface area is 376 Å². The number of unbranched alkanes of at least 4 members (excludes halogenated alkanes) is 2. The number of ether oxygens (including phenoxy) is 4. The maximum absolute atomic E-state index is 14.6. The summed E-state index contributed by atoms with van der Waals surface area (Å²) < 4.78 is 25.7. The Hall–Kier alpha value is -5.95. The second-order valence-corrected chi connectivity index (χ2v) is 16.8. The largest absolute Gasteiger partial charge is 0.497 e. The van der Waals surface area contributed by atoms with E-state index in [1.807, 2.05) is 97.1 Å². The van der Waals surface area contributed by atoms with E-state index < -0.39 is 23.8 Å². The predicted molar refractivity (Wildman–Crippen MR) is 245 cm³/mol. The molecule has 338 valence electrons. The number of nitrogens with zero attached hydrogens (tertiary/aromatic N) is 2. The number of rotatable bonds is 21. The first-order valence-electron chi connectivity index (χ1n) is 22.4. The Morgan fingerprint density at radius 2 is 1.61 bits per heavy atom. The van der Waals surface area contributed by atoms with Crippen molar-refractivity contribution in [1.29, 1.82) is 0 Å². The summed E-state index contributed by atoms with van der Waals surface area (Å²) in [5, 5.41) is 27.7. The van der Waals surface area contributed by atoms with E-state index in [1.54, 1.807) is 31.2 Å². The SMILES string of the molecule is C=CCO[C@@]12Oc3ccc(OC(=O)NCc4ccccc4)cc3[C@H]3[C@H](CCCCO)[C@@H](CCCCO)C=C(C(=NOCc4ccccc4)C[C@@H]1N(C)C(=O)Cc1cccc(OC)c1)[C@H]32. The van der Waals surface area contributed by atoms with Gasteiger partial charge in [0.15, 0.2) is 0 Å². The molecule has 7 rings (SSSR count). The van der Waals surface area contributed by atoms with Gasteiger partial charge < -0.3 is 44.2 Å². The number of allylic oxidation sites excluding steroid dienone is 1. The Kier molecular flexibility index (Phi) is 15.9. The monoisotopic (exact) mass is 871 g/mol. The molecule has 12 nitrogen and oxygen atoms in total. The van der Waals surface area contributed by atoms with Gasteiger partial charge >= 0.3 is 6.09 Å². The summed E-state index contributed by atoms with van der Waals surface area (Å²) in [5.74, 6) is -0.764. The molecule has 0 radical (unpaired) electrons. The van der Waals surface area contributed by atoms with Crippen LogP contribution in [0, 0.1) is 17.8 Å². The third-order valence-corrected chi connectivity index (χ3v) is 12.7. The highest BCUT2D eigenvalue weighted by atomic mass is 16.7. The van der Waals surface area contributed by atoms with Crippen LogP contribution in [0.3, 0.4) is 0 Å². The first-order valence-corrected chi connectivity index (χ1v) is 22.4. The van der Waals surface area contributed by atoms with Crippen molar-refractivity contribution in [2.45, 2.75) is 82.3 Å². The normalized spacial score (nSPS) is 22.5. The third-order valence-electron chi connectivity index (χ3n) is 12.7. The van der Waals surface area contributed by atoms with Crippen LogP contribution in [0.2, 0.25) is 0 Å². The highest BCUT2D eigenvalue weighted by Gasteiger charge is 2.65. The molecule has 64 heavy (non-hydrogen) atoms. The number of aliphatic hydroxyl groups excluding tert-OH is 2. The maximum Gasteiger partial charge on any atom is 0.412 e. The fourth-order valence-electron chi connectivity index (χ4n) is 9.72. The zero-order chi connectivity index (χ0) is 44.9. The van der Waals surface area contributed by atoms with Crippen molar-refractivity contribution in [2.24, 2.45) is 22.9 Å². The van der Waals surface area contributed by atoms with Crippen LogP contribution in [0.25, 0.3) is 0 Å². The highest BCUT2D eigenvalue weighted by Crippen LogP contribution is 2.62. The predicted octanol–water partition coefficient (Wildman–Crippen LogP) is 8.52. The van der Waals surface area contributed by atoms with Crippen molar-refractivity contribution >= 4 is 17.7 Å². The van der Waals surface area contributed by atoms with Gasteiger partial charge in [-0.1, -0.05) is 103 Å². The number of carbonyl (C=O) groups excluding carboxylic acids is 2. The molecule has 6 atom stereocenters. The number of aliphatic hydroxyl groups is 2. The van der Waals surface area contributed by atoms with Crippen LogP contribution in [0.15, 0.2) is 133 Å². The number of nitrogens with one attached hydrogen (secondary N) is 1. The number of benzene rings is 4. The summed E-state index contributed by atoms with van der Waals surface area (Å²) in [6.07, 6.45) is 8.19. The highest BCUT2D eigenvalue weighted by molar-refractivity contribution is 6.03. The van der Waals surface area contributed by atoms with Crippen molar-refractivity contribution in [3.05, 3.63) is 150 Å².